The number of benzene rings is 3. The van der Waals surface area contributed by atoms with Crippen LogP contribution in [0.4, 0.5) is 0 Å². The summed E-state index contributed by atoms with van der Waals surface area (Å²) in [7, 11) is 0. The number of hydrogen-bond donors (Lipinski definition) is 3. The summed E-state index contributed by atoms with van der Waals surface area (Å²) in [5.74, 6) is -0.489. The van der Waals surface area contributed by atoms with E-state index >= 15 is 0 Å². The highest BCUT2D eigenvalue weighted by atomic mass is 16.3. The van der Waals surface area contributed by atoms with Crippen molar-refractivity contribution in [1.82, 2.24) is 5.43 Å². The van der Waals surface area contributed by atoms with Crippen LogP contribution in [0.25, 0.3) is 11.1 Å². The third-order valence-electron chi connectivity index (χ3n) is 3.95. The first-order chi connectivity index (χ1) is 12.5. The van der Waals surface area contributed by atoms with E-state index in [-0.39, 0.29) is 17.4 Å². The van der Waals surface area contributed by atoms with Crippen molar-refractivity contribution in [3.63, 3.8) is 0 Å². The van der Waals surface area contributed by atoms with E-state index < -0.39 is 0 Å². The van der Waals surface area contributed by atoms with E-state index in [2.05, 4.69) is 10.5 Å². The van der Waals surface area contributed by atoms with Crippen LogP contribution in [0.5, 0.6) is 11.5 Å². The van der Waals surface area contributed by atoms with Crippen molar-refractivity contribution in [3.05, 3.63) is 83.9 Å². The number of hydrazone groups is 1. The predicted octanol–water partition coefficient (Wildman–Crippen LogP) is 3.92. The largest absolute Gasteiger partial charge is 0.508 e. The van der Waals surface area contributed by atoms with Gasteiger partial charge in [0.05, 0.1) is 5.71 Å². The molecule has 0 aliphatic rings. The minimum Gasteiger partial charge on any atom is -0.508 e. The van der Waals surface area contributed by atoms with Crippen LogP contribution in [0.1, 0.15) is 22.8 Å². The highest BCUT2D eigenvalue weighted by Gasteiger charge is 2.08. The number of nitrogens with one attached hydrogen (secondary N) is 1. The maximum atomic E-state index is 12.2. The molecule has 130 valence electrons. The SMILES string of the molecule is C/C(=N/NC(=O)c1ccc(-c2ccccc2)cc1)c1ccc(O)cc1O. The molecule has 5 nitrogen and oxygen atoms in total. The van der Waals surface area contributed by atoms with Crippen LogP contribution in [-0.4, -0.2) is 21.8 Å². The second kappa shape index (κ2) is 7.53. The molecule has 0 spiro atoms. The van der Waals surface area contributed by atoms with Crippen molar-refractivity contribution in [1.29, 1.82) is 0 Å². The number of aromatic hydroxyl groups is 2. The second-order valence-corrected chi connectivity index (χ2v) is 5.78. The van der Waals surface area contributed by atoms with Crippen molar-refractivity contribution in [2.75, 3.05) is 0 Å². The van der Waals surface area contributed by atoms with Gasteiger partial charge < -0.3 is 10.2 Å². The molecule has 0 heterocycles. The van der Waals surface area contributed by atoms with E-state index in [0.29, 0.717) is 16.8 Å². The van der Waals surface area contributed by atoms with Crippen LogP contribution in [-0.2, 0) is 0 Å². The highest BCUT2D eigenvalue weighted by Crippen LogP contribution is 2.23. The van der Waals surface area contributed by atoms with Gasteiger partial charge in [0, 0.05) is 17.2 Å². The Balaban J connectivity index is 1.71. The summed E-state index contributed by atoms with van der Waals surface area (Å²) in [4.78, 5) is 12.2. The maximum absolute atomic E-state index is 12.2. The second-order valence-electron chi connectivity index (χ2n) is 5.78. The Morgan fingerprint density at radius 3 is 2.19 bits per heavy atom. The van der Waals surface area contributed by atoms with Crippen molar-refractivity contribution >= 4 is 11.6 Å². The molecule has 0 aromatic heterocycles. The number of carbonyl (C=O) groups excluding carboxylic acids is 1. The van der Waals surface area contributed by atoms with Crippen LogP contribution in [0.15, 0.2) is 77.9 Å². The first-order valence-electron chi connectivity index (χ1n) is 8.07. The third kappa shape index (κ3) is 3.89. The Morgan fingerprint density at radius 2 is 1.54 bits per heavy atom. The minimum atomic E-state index is -0.345. The molecule has 0 atom stereocenters. The van der Waals surface area contributed by atoms with Crippen molar-refractivity contribution in [3.8, 4) is 22.6 Å². The molecule has 26 heavy (non-hydrogen) atoms. The van der Waals surface area contributed by atoms with E-state index in [9.17, 15) is 15.0 Å². The average molecular weight is 346 g/mol. The summed E-state index contributed by atoms with van der Waals surface area (Å²) in [5, 5.41) is 23.2. The van der Waals surface area contributed by atoms with Gasteiger partial charge in [0.25, 0.3) is 5.91 Å². The van der Waals surface area contributed by atoms with Crippen LogP contribution in [0, 0.1) is 0 Å². The average Bonchev–Trinajstić information content (AvgIpc) is 2.66. The van der Waals surface area contributed by atoms with Gasteiger partial charge in [-0.05, 0) is 42.3 Å². The van der Waals surface area contributed by atoms with Crippen LogP contribution < -0.4 is 5.43 Å². The first-order valence-corrected chi connectivity index (χ1v) is 8.07. The minimum absolute atomic E-state index is 0.0402. The van der Waals surface area contributed by atoms with Gasteiger partial charge in [0.2, 0.25) is 0 Å². The highest BCUT2D eigenvalue weighted by molar-refractivity contribution is 6.02. The molecule has 0 unspecified atom stereocenters. The van der Waals surface area contributed by atoms with Gasteiger partial charge in [-0.1, -0.05) is 42.5 Å². The van der Waals surface area contributed by atoms with Gasteiger partial charge in [-0.15, -0.1) is 0 Å². The van der Waals surface area contributed by atoms with Gasteiger partial charge in [-0.3, -0.25) is 4.79 Å². The zero-order chi connectivity index (χ0) is 18.5. The summed E-state index contributed by atoms with van der Waals surface area (Å²) in [6, 6.07) is 21.3. The van der Waals surface area contributed by atoms with Gasteiger partial charge in [-0.2, -0.15) is 5.10 Å². The topological polar surface area (TPSA) is 81.9 Å². The monoisotopic (exact) mass is 346 g/mol. The Hall–Kier alpha value is -3.60. The number of hydrogen-bond acceptors (Lipinski definition) is 4. The third-order valence-corrected chi connectivity index (χ3v) is 3.95. The lowest BCUT2D eigenvalue weighted by atomic mass is 10.0. The maximum Gasteiger partial charge on any atom is 0.271 e. The van der Waals surface area contributed by atoms with Crippen molar-refractivity contribution in [2.24, 2.45) is 5.10 Å². The number of carbonyl (C=O) groups is 1. The molecule has 3 aromatic carbocycles. The van der Waals surface area contributed by atoms with E-state index in [1.165, 1.54) is 18.2 Å². The molecule has 0 aliphatic heterocycles. The molecule has 0 saturated heterocycles. The predicted molar refractivity (Wildman–Crippen MR) is 101 cm³/mol. The molecule has 0 fully saturated rings. The standard InChI is InChI=1S/C21H18N2O3/c1-14(19-12-11-18(24)13-20(19)25)22-23-21(26)17-9-7-16(8-10-17)15-5-3-2-4-6-15/h2-13,24-25H,1H3,(H,23,26)/b22-14-. The Bertz CT molecular complexity index is 949. The molecule has 3 aromatic rings. The number of rotatable bonds is 4. The molecule has 0 saturated carbocycles. The molecule has 0 aliphatic carbocycles. The molecule has 5 heteroatoms. The van der Waals surface area contributed by atoms with E-state index in [4.69, 9.17) is 0 Å². The number of amides is 1. The fourth-order valence-corrected chi connectivity index (χ4v) is 2.53. The number of phenolic OH excluding ortho intramolecular Hbond substituents is 2. The number of nitrogens with zero attached hydrogens (tertiary/aromatic N) is 1. The van der Waals surface area contributed by atoms with Gasteiger partial charge in [0.1, 0.15) is 11.5 Å². The summed E-state index contributed by atoms with van der Waals surface area (Å²) < 4.78 is 0. The quantitative estimate of drug-likeness (QED) is 0.495. The lowest BCUT2D eigenvalue weighted by Crippen LogP contribution is -2.19. The van der Waals surface area contributed by atoms with E-state index in [0.717, 1.165) is 11.1 Å². The zero-order valence-corrected chi connectivity index (χ0v) is 14.2. The van der Waals surface area contributed by atoms with E-state index in [1.807, 2.05) is 42.5 Å². The molecular weight excluding hydrogens is 328 g/mol. The summed E-state index contributed by atoms with van der Waals surface area (Å²) in [6.07, 6.45) is 0. The Labute approximate surface area is 151 Å². The summed E-state index contributed by atoms with van der Waals surface area (Å²) in [5.41, 5.74) is 5.92. The van der Waals surface area contributed by atoms with Gasteiger partial charge in [-0.25, -0.2) is 5.43 Å². The van der Waals surface area contributed by atoms with Crippen molar-refractivity contribution in [2.45, 2.75) is 6.92 Å². The van der Waals surface area contributed by atoms with Crippen LogP contribution in [0.2, 0.25) is 0 Å². The molecule has 0 radical (unpaired) electrons. The Morgan fingerprint density at radius 1 is 0.885 bits per heavy atom. The molecular formula is C21H18N2O3. The van der Waals surface area contributed by atoms with Gasteiger partial charge in [0.15, 0.2) is 0 Å². The molecule has 3 N–H and O–H groups in total. The molecule has 0 bridgehead atoms. The Kier molecular flexibility index (Phi) is 4.99. The van der Waals surface area contributed by atoms with Crippen LogP contribution >= 0.6 is 0 Å². The fourth-order valence-electron chi connectivity index (χ4n) is 2.53. The first kappa shape index (κ1) is 17.2. The summed E-state index contributed by atoms with van der Waals surface area (Å²) >= 11 is 0. The smallest absolute Gasteiger partial charge is 0.271 e. The van der Waals surface area contributed by atoms with E-state index in [1.54, 1.807) is 19.1 Å². The zero-order valence-electron chi connectivity index (χ0n) is 14.2. The lowest BCUT2D eigenvalue weighted by Gasteiger charge is -2.06. The number of phenols is 2. The molecule has 1 amide bonds. The van der Waals surface area contributed by atoms with Crippen molar-refractivity contribution < 1.29 is 15.0 Å². The van der Waals surface area contributed by atoms with Crippen LogP contribution in [0.3, 0.4) is 0 Å². The summed E-state index contributed by atoms with van der Waals surface area (Å²) in [6.45, 7) is 1.66. The fraction of sp³-hybridized carbons (Fsp3) is 0.0476. The van der Waals surface area contributed by atoms with Gasteiger partial charge >= 0.3 is 0 Å². The normalized spacial score (nSPS) is 11.2. The lowest BCUT2D eigenvalue weighted by molar-refractivity contribution is 0.0955. The molecule has 3 rings (SSSR count).